The molecule has 0 saturated heterocycles. The van der Waals surface area contributed by atoms with Crippen LogP contribution in [0.15, 0.2) is 118 Å². The van der Waals surface area contributed by atoms with E-state index in [-0.39, 0.29) is 5.56 Å². The van der Waals surface area contributed by atoms with Gasteiger partial charge >= 0.3 is 0 Å². The number of rotatable bonds is 8. The number of hydrogen-bond acceptors (Lipinski definition) is 3. The van der Waals surface area contributed by atoms with Crippen molar-refractivity contribution < 1.29 is 4.74 Å². The van der Waals surface area contributed by atoms with Gasteiger partial charge in [0, 0.05) is 29.7 Å². The van der Waals surface area contributed by atoms with Gasteiger partial charge in [-0.1, -0.05) is 104 Å². The van der Waals surface area contributed by atoms with Crippen LogP contribution in [0.2, 0.25) is 0 Å². The van der Waals surface area contributed by atoms with Crippen LogP contribution in [0.1, 0.15) is 64.5 Å². The summed E-state index contributed by atoms with van der Waals surface area (Å²) >= 11 is 3.39. The van der Waals surface area contributed by atoms with Crippen LogP contribution in [0.3, 0.4) is 0 Å². The summed E-state index contributed by atoms with van der Waals surface area (Å²) in [5.74, 6) is 2.62. The summed E-state index contributed by atoms with van der Waals surface area (Å²) in [5.41, 5.74) is 7.14. The summed E-state index contributed by atoms with van der Waals surface area (Å²) in [4.78, 5) is 18.3. The van der Waals surface area contributed by atoms with Gasteiger partial charge in [0.05, 0.1) is 24.5 Å². The minimum atomic E-state index is -0.0503. The summed E-state index contributed by atoms with van der Waals surface area (Å²) in [6, 6.07) is 34.7. The monoisotopic (exact) mass is 742 g/mol. The van der Waals surface area contributed by atoms with Crippen molar-refractivity contribution in [2.24, 2.45) is 0 Å². The molecule has 0 aliphatic rings. The predicted octanol–water partition coefficient (Wildman–Crippen LogP) is 12.0. The highest BCUT2D eigenvalue weighted by Gasteiger charge is 2.12. The van der Waals surface area contributed by atoms with Gasteiger partial charge in [-0.25, -0.2) is 14.4 Å². The first kappa shape index (κ1) is 38.2. The first-order valence-corrected chi connectivity index (χ1v) is 17.7. The van der Waals surface area contributed by atoms with Crippen molar-refractivity contribution in [1.29, 1.82) is 0 Å². The molecule has 260 valence electrons. The lowest BCUT2D eigenvalue weighted by Crippen LogP contribution is -2.13. The zero-order chi connectivity index (χ0) is 36.9. The lowest BCUT2D eigenvalue weighted by atomic mass is 10.0. The van der Waals surface area contributed by atoms with Crippen LogP contribution >= 0.6 is 15.9 Å². The minimum absolute atomic E-state index is 0.0503. The molecule has 0 amide bonds. The number of ether oxygens (including phenoxy) is 1. The second-order valence-electron chi connectivity index (χ2n) is 12.3. The molecule has 51 heavy (non-hydrogen) atoms. The van der Waals surface area contributed by atoms with Crippen molar-refractivity contribution in [1.82, 2.24) is 19.6 Å². The van der Waals surface area contributed by atoms with E-state index in [0.717, 1.165) is 32.7 Å². The van der Waals surface area contributed by atoms with Gasteiger partial charge in [0.2, 0.25) is 5.88 Å². The fraction of sp³-hybridized carbons (Fsp3) is 0.238. The van der Waals surface area contributed by atoms with Crippen molar-refractivity contribution >= 4 is 27.3 Å². The van der Waals surface area contributed by atoms with Gasteiger partial charge in [-0.3, -0.25) is 14.6 Å². The van der Waals surface area contributed by atoms with Crippen LogP contribution < -0.4 is 10.3 Å². The van der Waals surface area contributed by atoms with E-state index in [9.17, 15) is 4.79 Å². The fourth-order valence-electron chi connectivity index (χ4n) is 5.03. The van der Waals surface area contributed by atoms with E-state index in [1.165, 1.54) is 15.8 Å². The van der Waals surface area contributed by atoms with Gasteiger partial charge in [0.15, 0.2) is 11.4 Å². The molecule has 0 fully saturated rings. The van der Waals surface area contributed by atoms with Gasteiger partial charge in [-0.2, -0.15) is 5.10 Å². The lowest BCUT2D eigenvalue weighted by molar-refractivity contribution is 0.417. The van der Waals surface area contributed by atoms with E-state index in [2.05, 4.69) is 99.9 Å². The molecule has 0 unspecified atom stereocenters. The Morgan fingerprint density at radius 1 is 0.745 bits per heavy atom. The molecular formula is C42H43BrN6O2. The van der Waals surface area contributed by atoms with Crippen LogP contribution in [-0.4, -0.2) is 19.6 Å². The average molecular weight is 744 g/mol. The Kier molecular flexibility index (Phi) is 13.8. The van der Waals surface area contributed by atoms with Gasteiger partial charge < -0.3 is 4.74 Å². The minimum Gasteiger partial charge on any atom is -0.439 e. The molecule has 0 atom stereocenters. The molecule has 2 aromatic heterocycles. The number of nitrogens with one attached hydrogen (secondary N) is 1. The number of nitrogens with zero attached hydrogens (tertiary/aromatic N) is 5. The molecule has 6 aromatic rings. The predicted molar refractivity (Wildman–Crippen MR) is 211 cm³/mol. The van der Waals surface area contributed by atoms with Gasteiger partial charge in [-0.05, 0) is 84.3 Å². The SMILES string of the molecule is CC(C)c1ccc(Br)cc1.[C-]#[N+]c1cccc(-c2cc(=O)n(CC)[nH]2)c1.[C-]#[N+]c1cccc(-c2cc(Oc3ccc(C(C)C)cc3)n(CC)n2)c1. The molecule has 6 rings (SSSR count). The van der Waals surface area contributed by atoms with E-state index in [4.69, 9.17) is 17.9 Å². The smallest absolute Gasteiger partial charge is 0.267 e. The normalized spacial score (nSPS) is 10.4. The Labute approximate surface area is 309 Å². The molecule has 0 bridgehead atoms. The number of aromatic amines is 1. The zero-order valence-corrected chi connectivity index (χ0v) is 31.5. The van der Waals surface area contributed by atoms with Crippen LogP contribution in [-0.2, 0) is 13.1 Å². The molecule has 0 spiro atoms. The molecular weight excluding hydrogens is 700 g/mol. The number of aromatic nitrogens is 4. The van der Waals surface area contributed by atoms with Crippen LogP contribution in [0.4, 0.5) is 11.4 Å². The lowest BCUT2D eigenvalue weighted by Gasteiger charge is -2.09. The van der Waals surface area contributed by atoms with E-state index in [1.807, 2.05) is 67.1 Å². The molecule has 2 heterocycles. The van der Waals surface area contributed by atoms with Crippen molar-refractivity contribution in [3.05, 3.63) is 158 Å². The first-order chi connectivity index (χ1) is 24.5. The number of aryl methyl sites for hydroxylation is 2. The zero-order valence-electron chi connectivity index (χ0n) is 29.9. The number of halogens is 1. The Bertz CT molecular complexity index is 2160. The average Bonchev–Trinajstić information content (AvgIpc) is 3.75. The third-order valence-corrected chi connectivity index (χ3v) is 8.54. The van der Waals surface area contributed by atoms with Gasteiger partial charge in [0.25, 0.3) is 5.56 Å². The number of H-pyrrole nitrogens is 1. The second kappa shape index (κ2) is 18.4. The summed E-state index contributed by atoms with van der Waals surface area (Å²) < 4.78 is 10.5. The number of hydrogen-bond donors (Lipinski definition) is 1. The van der Waals surface area contributed by atoms with Crippen molar-refractivity contribution in [2.75, 3.05) is 0 Å². The summed E-state index contributed by atoms with van der Waals surface area (Å²) in [7, 11) is 0. The van der Waals surface area contributed by atoms with E-state index in [1.54, 1.807) is 24.3 Å². The first-order valence-electron chi connectivity index (χ1n) is 16.9. The Morgan fingerprint density at radius 2 is 1.29 bits per heavy atom. The van der Waals surface area contributed by atoms with Gasteiger partial charge in [0.1, 0.15) is 5.75 Å². The van der Waals surface area contributed by atoms with Crippen molar-refractivity contribution in [3.8, 4) is 34.1 Å². The van der Waals surface area contributed by atoms with Crippen LogP contribution in [0, 0.1) is 13.1 Å². The fourth-order valence-corrected chi connectivity index (χ4v) is 5.30. The molecule has 9 heteroatoms. The van der Waals surface area contributed by atoms with Crippen molar-refractivity contribution in [3.63, 3.8) is 0 Å². The molecule has 4 aromatic carbocycles. The van der Waals surface area contributed by atoms with Crippen molar-refractivity contribution in [2.45, 2.75) is 66.5 Å². The highest BCUT2D eigenvalue weighted by atomic mass is 79.9. The third kappa shape index (κ3) is 10.7. The molecule has 0 aliphatic heterocycles. The maximum Gasteiger partial charge on any atom is 0.267 e. The largest absolute Gasteiger partial charge is 0.439 e. The second-order valence-corrected chi connectivity index (χ2v) is 13.2. The standard InChI is InChI=1S/C21H21N3O.C12H11N3O.C9H11Br/c1-5-24-21(25-19-11-9-16(10-12-19)15(2)3)14-20(23-24)17-7-6-8-18(13-17)22-4;1-3-15-12(16)8-11(14-15)9-5-4-6-10(7-9)13-2;1-7(2)8-3-5-9(10)6-4-8/h6-15H,5H2,1-3H3;4-8,14H,3H2,1H3;3-7H,1-2H3. The maximum atomic E-state index is 11.5. The topological polar surface area (TPSA) is 73.6 Å². The maximum absolute atomic E-state index is 11.5. The van der Waals surface area contributed by atoms with Crippen LogP contribution in [0.25, 0.3) is 32.2 Å². The summed E-state index contributed by atoms with van der Waals surface area (Å²) in [6.45, 7) is 28.1. The summed E-state index contributed by atoms with van der Waals surface area (Å²) in [5, 5.41) is 7.61. The Hall–Kier alpha value is -5.64. The highest BCUT2D eigenvalue weighted by molar-refractivity contribution is 9.10. The highest BCUT2D eigenvalue weighted by Crippen LogP contribution is 2.30. The van der Waals surface area contributed by atoms with E-state index < -0.39 is 0 Å². The third-order valence-electron chi connectivity index (χ3n) is 8.01. The molecule has 0 saturated carbocycles. The van der Waals surface area contributed by atoms with Gasteiger partial charge in [-0.15, -0.1) is 0 Å². The molecule has 1 N–H and O–H groups in total. The number of benzene rings is 4. The molecule has 0 radical (unpaired) electrons. The molecule has 8 nitrogen and oxygen atoms in total. The van der Waals surface area contributed by atoms with E-state index >= 15 is 0 Å². The Balaban J connectivity index is 0.000000191. The van der Waals surface area contributed by atoms with E-state index in [0.29, 0.717) is 42.2 Å². The summed E-state index contributed by atoms with van der Waals surface area (Å²) in [6.07, 6.45) is 0. The van der Waals surface area contributed by atoms with Crippen LogP contribution in [0.5, 0.6) is 11.6 Å². The Morgan fingerprint density at radius 3 is 1.80 bits per heavy atom. The molecule has 0 aliphatic carbocycles. The quantitative estimate of drug-likeness (QED) is 0.158.